The standard InChI is InChI=1S/C20H16FN3O2/c21-18-3-1-2-4-19(18)26-14-13-22-20-12-9-16(23-24-20)8-5-15-6-10-17(25)11-7-15/h1-4,6-7,9-12,25H,13-14H2,(H,22,24). The number of nitrogens with one attached hydrogen (secondary N) is 1. The van der Waals surface area contributed by atoms with E-state index in [-0.39, 0.29) is 17.3 Å². The number of phenolic OH excluding ortho intramolecular Hbond substituents is 1. The number of aromatic nitrogens is 2. The van der Waals surface area contributed by atoms with E-state index in [0.717, 1.165) is 5.56 Å². The third kappa shape index (κ3) is 4.95. The molecule has 0 spiro atoms. The van der Waals surface area contributed by atoms with Crippen molar-refractivity contribution in [3.8, 4) is 23.3 Å². The van der Waals surface area contributed by atoms with Crippen molar-refractivity contribution in [1.82, 2.24) is 10.2 Å². The second kappa shape index (κ2) is 8.49. The lowest BCUT2D eigenvalue weighted by Gasteiger charge is -2.08. The van der Waals surface area contributed by atoms with Crippen LogP contribution in [-0.4, -0.2) is 28.5 Å². The van der Waals surface area contributed by atoms with Gasteiger partial charge in [-0.05, 0) is 54.5 Å². The molecule has 0 aliphatic carbocycles. The molecule has 5 nitrogen and oxygen atoms in total. The first-order valence-corrected chi connectivity index (χ1v) is 7.97. The maximum absolute atomic E-state index is 13.4. The number of phenols is 1. The van der Waals surface area contributed by atoms with Crippen LogP contribution in [0.2, 0.25) is 0 Å². The topological polar surface area (TPSA) is 67.3 Å². The number of para-hydroxylation sites is 1. The first-order chi connectivity index (χ1) is 12.7. The van der Waals surface area contributed by atoms with Crippen molar-refractivity contribution in [1.29, 1.82) is 0 Å². The van der Waals surface area contributed by atoms with Crippen LogP contribution in [0.25, 0.3) is 0 Å². The monoisotopic (exact) mass is 349 g/mol. The van der Waals surface area contributed by atoms with Crippen LogP contribution in [0, 0.1) is 17.7 Å². The summed E-state index contributed by atoms with van der Waals surface area (Å²) in [5.74, 6) is 6.46. The number of hydrogen-bond donors (Lipinski definition) is 2. The zero-order valence-electron chi connectivity index (χ0n) is 13.8. The Morgan fingerprint density at radius 2 is 1.77 bits per heavy atom. The van der Waals surface area contributed by atoms with E-state index >= 15 is 0 Å². The fraction of sp³-hybridized carbons (Fsp3) is 0.100. The van der Waals surface area contributed by atoms with Gasteiger partial charge in [0.2, 0.25) is 0 Å². The van der Waals surface area contributed by atoms with E-state index in [4.69, 9.17) is 4.74 Å². The molecule has 2 aromatic carbocycles. The van der Waals surface area contributed by atoms with Gasteiger partial charge in [0.25, 0.3) is 0 Å². The van der Waals surface area contributed by atoms with Crippen LogP contribution in [0.15, 0.2) is 60.7 Å². The summed E-state index contributed by atoms with van der Waals surface area (Å²) < 4.78 is 18.8. The van der Waals surface area contributed by atoms with E-state index < -0.39 is 0 Å². The molecule has 0 fully saturated rings. The second-order valence-corrected chi connectivity index (χ2v) is 5.31. The van der Waals surface area contributed by atoms with Gasteiger partial charge in [0.1, 0.15) is 23.9 Å². The van der Waals surface area contributed by atoms with Crippen molar-refractivity contribution in [3.63, 3.8) is 0 Å². The highest BCUT2D eigenvalue weighted by Gasteiger charge is 2.01. The predicted octanol–water partition coefficient (Wildman–Crippen LogP) is 3.21. The smallest absolute Gasteiger partial charge is 0.165 e. The Morgan fingerprint density at radius 1 is 0.962 bits per heavy atom. The molecule has 0 aliphatic heterocycles. The summed E-state index contributed by atoms with van der Waals surface area (Å²) in [5.41, 5.74) is 1.31. The van der Waals surface area contributed by atoms with Gasteiger partial charge in [-0.15, -0.1) is 10.2 Å². The first kappa shape index (κ1) is 17.2. The molecule has 1 aromatic heterocycles. The maximum Gasteiger partial charge on any atom is 0.165 e. The minimum Gasteiger partial charge on any atom is -0.508 e. The molecule has 6 heteroatoms. The zero-order chi connectivity index (χ0) is 18.2. The van der Waals surface area contributed by atoms with Gasteiger partial charge < -0.3 is 15.2 Å². The summed E-state index contributed by atoms with van der Waals surface area (Å²) in [6.45, 7) is 0.757. The maximum atomic E-state index is 13.4. The Labute approximate surface area is 150 Å². The Morgan fingerprint density at radius 3 is 2.50 bits per heavy atom. The molecule has 3 rings (SSSR count). The lowest BCUT2D eigenvalue weighted by atomic mass is 10.2. The summed E-state index contributed by atoms with van der Waals surface area (Å²) in [5, 5.41) is 20.3. The molecule has 0 saturated heterocycles. The van der Waals surface area contributed by atoms with Crippen molar-refractivity contribution in [2.45, 2.75) is 0 Å². The number of ether oxygens (including phenoxy) is 1. The van der Waals surface area contributed by atoms with Crippen LogP contribution in [0.1, 0.15) is 11.3 Å². The molecule has 26 heavy (non-hydrogen) atoms. The lowest BCUT2D eigenvalue weighted by molar-refractivity contribution is 0.315. The molecule has 1 heterocycles. The van der Waals surface area contributed by atoms with Crippen molar-refractivity contribution >= 4 is 5.82 Å². The Bertz CT molecular complexity index is 916. The summed E-state index contributed by atoms with van der Waals surface area (Å²) in [6.07, 6.45) is 0. The summed E-state index contributed by atoms with van der Waals surface area (Å²) >= 11 is 0. The normalized spacial score (nSPS) is 9.88. The average molecular weight is 349 g/mol. The van der Waals surface area contributed by atoms with E-state index in [9.17, 15) is 9.50 Å². The molecule has 0 saturated carbocycles. The van der Waals surface area contributed by atoms with Gasteiger partial charge in [-0.2, -0.15) is 0 Å². The van der Waals surface area contributed by atoms with Gasteiger partial charge in [0.05, 0.1) is 6.54 Å². The van der Waals surface area contributed by atoms with Crippen molar-refractivity contribution in [2.24, 2.45) is 0 Å². The van der Waals surface area contributed by atoms with E-state index in [1.54, 1.807) is 54.6 Å². The minimum absolute atomic E-state index is 0.199. The molecule has 0 radical (unpaired) electrons. The number of halogens is 1. The molecule has 0 aliphatic rings. The highest BCUT2D eigenvalue weighted by Crippen LogP contribution is 2.15. The summed E-state index contributed by atoms with van der Waals surface area (Å²) in [7, 11) is 0. The van der Waals surface area contributed by atoms with Crippen molar-refractivity contribution in [2.75, 3.05) is 18.5 Å². The number of benzene rings is 2. The van der Waals surface area contributed by atoms with Gasteiger partial charge in [-0.1, -0.05) is 18.1 Å². The Kier molecular flexibility index (Phi) is 5.63. The predicted molar refractivity (Wildman–Crippen MR) is 96.5 cm³/mol. The highest BCUT2D eigenvalue weighted by molar-refractivity contribution is 5.43. The molecular formula is C20H16FN3O2. The zero-order valence-corrected chi connectivity index (χ0v) is 13.8. The quantitative estimate of drug-likeness (QED) is 0.547. The number of aromatic hydroxyl groups is 1. The van der Waals surface area contributed by atoms with Crippen molar-refractivity contribution < 1.29 is 14.2 Å². The van der Waals surface area contributed by atoms with Gasteiger partial charge in [0.15, 0.2) is 11.6 Å². The number of rotatable bonds is 5. The molecular weight excluding hydrogens is 333 g/mol. The van der Waals surface area contributed by atoms with Crippen LogP contribution < -0.4 is 10.1 Å². The van der Waals surface area contributed by atoms with Gasteiger partial charge in [-0.3, -0.25) is 0 Å². The van der Waals surface area contributed by atoms with E-state index in [0.29, 0.717) is 24.7 Å². The van der Waals surface area contributed by atoms with E-state index in [2.05, 4.69) is 27.4 Å². The van der Waals surface area contributed by atoms with Crippen LogP contribution in [-0.2, 0) is 0 Å². The third-order valence-corrected chi connectivity index (χ3v) is 3.37. The van der Waals surface area contributed by atoms with Crippen LogP contribution in [0.5, 0.6) is 11.5 Å². The number of nitrogens with zero attached hydrogens (tertiary/aromatic N) is 2. The summed E-state index contributed by atoms with van der Waals surface area (Å²) in [6, 6.07) is 16.4. The molecule has 0 bridgehead atoms. The first-order valence-electron chi connectivity index (χ1n) is 7.97. The van der Waals surface area contributed by atoms with E-state index in [1.165, 1.54) is 6.07 Å². The average Bonchev–Trinajstić information content (AvgIpc) is 2.67. The molecule has 0 amide bonds. The van der Waals surface area contributed by atoms with Crippen molar-refractivity contribution in [3.05, 3.63) is 77.7 Å². The van der Waals surface area contributed by atoms with Crippen LogP contribution >= 0.6 is 0 Å². The SMILES string of the molecule is Oc1ccc(C#Cc2ccc(NCCOc3ccccc3F)nn2)cc1. The van der Waals surface area contributed by atoms with Gasteiger partial charge in [0, 0.05) is 5.56 Å². The molecule has 0 atom stereocenters. The fourth-order valence-electron chi connectivity index (χ4n) is 2.08. The van der Waals surface area contributed by atoms with Crippen LogP contribution in [0.3, 0.4) is 0 Å². The summed E-state index contributed by atoms with van der Waals surface area (Å²) in [4.78, 5) is 0. The highest BCUT2D eigenvalue weighted by atomic mass is 19.1. The van der Waals surface area contributed by atoms with Gasteiger partial charge >= 0.3 is 0 Å². The van der Waals surface area contributed by atoms with E-state index in [1.807, 2.05) is 0 Å². The minimum atomic E-state index is -0.385. The van der Waals surface area contributed by atoms with Gasteiger partial charge in [-0.25, -0.2) is 4.39 Å². The number of hydrogen-bond acceptors (Lipinski definition) is 5. The fourth-order valence-corrected chi connectivity index (χ4v) is 2.08. The Balaban J connectivity index is 1.49. The largest absolute Gasteiger partial charge is 0.508 e. The second-order valence-electron chi connectivity index (χ2n) is 5.31. The molecule has 0 unspecified atom stereocenters. The lowest BCUT2D eigenvalue weighted by Crippen LogP contribution is -2.13. The third-order valence-electron chi connectivity index (χ3n) is 3.37. The molecule has 2 N–H and O–H groups in total. The van der Waals surface area contributed by atoms with Crippen LogP contribution in [0.4, 0.5) is 10.2 Å². The molecule has 130 valence electrons. The number of anilines is 1. The Hall–Kier alpha value is -3.59. The molecule has 3 aromatic rings.